The van der Waals surface area contributed by atoms with Crippen molar-refractivity contribution in [3.63, 3.8) is 0 Å². The van der Waals surface area contributed by atoms with Gasteiger partial charge < -0.3 is 10.2 Å². The van der Waals surface area contributed by atoms with Crippen LogP contribution in [0.3, 0.4) is 0 Å². The van der Waals surface area contributed by atoms with Crippen molar-refractivity contribution in [2.75, 3.05) is 11.5 Å². The minimum atomic E-state index is -4.55. The number of aromatic nitrogens is 3. The zero-order valence-electron chi connectivity index (χ0n) is 14.2. The van der Waals surface area contributed by atoms with Crippen LogP contribution in [-0.2, 0) is 12.6 Å². The minimum absolute atomic E-state index is 0.00424. The van der Waals surface area contributed by atoms with Crippen molar-refractivity contribution in [2.24, 2.45) is 0 Å². The van der Waals surface area contributed by atoms with Crippen molar-refractivity contribution < 1.29 is 17.6 Å². The summed E-state index contributed by atoms with van der Waals surface area (Å²) in [6.45, 7) is 4.16. The van der Waals surface area contributed by atoms with Gasteiger partial charge in [0.25, 0.3) is 0 Å². The quantitative estimate of drug-likeness (QED) is 0.510. The van der Waals surface area contributed by atoms with E-state index >= 15 is 0 Å². The summed E-state index contributed by atoms with van der Waals surface area (Å²) >= 11 is 1.11. The smallest absolute Gasteiger partial charge is 0.433 e. The Labute approximate surface area is 152 Å². The Kier molecular flexibility index (Phi) is 5.08. The molecule has 3 heterocycles. The number of aryl methyl sites for hydroxylation is 1. The standard InChI is InChI=1S/C17H17F3N4OS/c1-9(2)12-8-25-13-7-22-10(5-11(12)13)3-4-26-16-23-14(17(18,19)20)6-15(21)24-16/h5-9H,3-4H2,1-2H3,(H2,21,23,24). The average molecular weight is 382 g/mol. The molecule has 0 aliphatic carbocycles. The van der Waals surface area contributed by atoms with Gasteiger partial charge in [0.1, 0.15) is 5.82 Å². The first-order valence-corrected chi connectivity index (χ1v) is 8.93. The lowest BCUT2D eigenvalue weighted by Crippen LogP contribution is -2.11. The van der Waals surface area contributed by atoms with Gasteiger partial charge in [-0.1, -0.05) is 25.6 Å². The molecule has 0 spiro atoms. The molecule has 0 saturated carbocycles. The molecule has 0 aromatic carbocycles. The molecule has 0 atom stereocenters. The van der Waals surface area contributed by atoms with Gasteiger partial charge in [-0.15, -0.1) is 0 Å². The maximum absolute atomic E-state index is 12.8. The molecule has 0 radical (unpaired) electrons. The van der Waals surface area contributed by atoms with Crippen molar-refractivity contribution in [3.05, 3.63) is 41.5 Å². The lowest BCUT2D eigenvalue weighted by atomic mass is 10.0. The first-order valence-electron chi connectivity index (χ1n) is 7.94. The number of hydrogen-bond acceptors (Lipinski definition) is 6. The largest absolute Gasteiger partial charge is 0.462 e. The Morgan fingerprint density at radius 3 is 2.69 bits per heavy atom. The van der Waals surface area contributed by atoms with Gasteiger partial charge in [-0.05, 0) is 18.4 Å². The number of nitrogens with two attached hydrogens (primary N) is 1. The van der Waals surface area contributed by atoms with Crippen LogP contribution < -0.4 is 5.73 Å². The third-order valence-corrected chi connectivity index (χ3v) is 4.62. The molecule has 9 heteroatoms. The van der Waals surface area contributed by atoms with Crippen LogP contribution in [0.15, 0.2) is 34.2 Å². The average Bonchev–Trinajstić information content (AvgIpc) is 2.97. The van der Waals surface area contributed by atoms with Crippen molar-refractivity contribution in [2.45, 2.75) is 37.5 Å². The number of nitrogens with zero attached hydrogens (tertiary/aromatic N) is 3. The highest BCUT2D eigenvalue weighted by Crippen LogP contribution is 2.30. The second-order valence-electron chi connectivity index (χ2n) is 6.07. The van der Waals surface area contributed by atoms with Crippen LogP contribution in [0, 0.1) is 0 Å². The van der Waals surface area contributed by atoms with Gasteiger partial charge in [0.05, 0.1) is 12.5 Å². The lowest BCUT2D eigenvalue weighted by Gasteiger charge is -2.08. The lowest BCUT2D eigenvalue weighted by molar-refractivity contribution is -0.141. The number of rotatable bonds is 5. The number of nitrogen functional groups attached to an aromatic ring is 1. The zero-order chi connectivity index (χ0) is 18.9. The molecular formula is C17H17F3N4OS. The SMILES string of the molecule is CC(C)c1coc2cnc(CCSc3nc(N)cc(C(F)(F)F)n3)cc12. The number of hydrogen-bond donors (Lipinski definition) is 1. The van der Waals surface area contributed by atoms with E-state index in [0.29, 0.717) is 18.1 Å². The molecule has 3 rings (SSSR count). The highest BCUT2D eigenvalue weighted by atomic mass is 32.2. The zero-order valence-corrected chi connectivity index (χ0v) is 15.0. The minimum Gasteiger partial charge on any atom is -0.462 e. The van der Waals surface area contributed by atoms with Gasteiger partial charge >= 0.3 is 6.18 Å². The van der Waals surface area contributed by atoms with E-state index < -0.39 is 11.9 Å². The van der Waals surface area contributed by atoms with Crippen LogP contribution in [0.5, 0.6) is 0 Å². The van der Waals surface area contributed by atoms with Crippen molar-refractivity contribution in [1.82, 2.24) is 15.0 Å². The fraction of sp³-hybridized carbons (Fsp3) is 0.353. The van der Waals surface area contributed by atoms with Crippen molar-refractivity contribution in [3.8, 4) is 0 Å². The fourth-order valence-electron chi connectivity index (χ4n) is 2.48. The van der Waals surface area contributed by atoms with Crippen LogP contribution in [0.2, 0.25) is 0 Å². The third-order valence-electron chi connectivity index (χ3n) is 3.78. The predicted octanol–water partition coefficient (Wildman–Crippen LogP) is 4.68. The maximum atomic E-state index is 12.8. The van der Waals surface area contributed by atoms with Gasteiger partial charge in [0.2, 0.25) is 0 Å². The van der Waals surface area contributed by atoms with E-state index in [-0.39, 0.29) is 11.0 Å². The van der Waals surface area contributed by atoms with E-state index in [1.54, 1.807) is 12.5 Å². The second-order valence-corrected chi connectivity index (χ2v) is 7.14. The number of pyridine rings is 1. The molecule has 3 aromatic rings. The fourth-order valence-corrected chi connectivity index (χ4v) is 3.31. The Balaban J connectivity index is 1.71. The molecule has 26 heavy (non-hydrogen) atoms. The summed E-state index contributed by atoms with van der Waals surface area (Å²) in [5, 5.41) is 1.01. The number of alkyl halides is 3. The molecule has 138 valence electrons. The number of anilines is 1. The van der Waals surface area contributed by atoms with Gasteiger partial charge in [-0.3, -0.25) is 4.98 Å². The number of thioether (sulfide) groups is 1. The van der Waals surface area contributed by atoms with Gasteiger partial charge in [-0.25, -0.2) is 9.97 Å². The van der Waals surface area contributed by atoms with E-state index in [2.05, 4.69) is 28.8 Å². The van der Waals surface area contributed by atoms with E-state index in [1.165, 1.54) is 0 Å². The van der Waals surface area contributed by atoms with E-state index in [0.717, 1.165) is 40.1 Å². The molecule has 0 aliphatic rings. The first kappa shape index (κ1) is 18.5. The highest BCUT2D eigenvalue weighted by Gasteiger charge is 2.33. The molecule has 0 unspecified atom stereocenters. The maximum Gasteiger partial charge on any atom is 0.433 e. The van der Waals surface area contributed by atoms with Crippen LogP contribution in [-0.4, -0.2) is 20.7 Å². The number of halogens is 3. The Hall–Kier alpha value is -2.29. The van der Waals surface area contributed by atoms with Crippen molar-refractivity contribution >= 4 is 28.5 Å². The highest BCUT2D eigenvalue weighted by molar-refractivity contribution is 7.99. The number of furan rings is 1. The Morgan fingerprint density at radius 2 is 2.00 bits per heavy atom. The topological polar surface area (TPSA) is 77.8 Å². The van der Waals surface area contributed by atoms with Gasteiger partial charge in [0, 0.05) is 28.5 Å². The summed E-state index contributed by atoms with van der Waals surface area (Å²) in [5.74, 6) is 0.602. The molecule has 0 saturated heterocycles. The summed E-state index contributed by atoms with van der Waals surface area (Å²) in [7, 11) is 0. The molecule has 0 amide bonds. The summed E-state index contributed by atoms with van der Waals surface area (Å²) < 4.78 is 43.8. The van der Waals surface area contributed by atoms with Crippen LogP contribution in [0.4, 0.5) is 19.0 Å². The normalized spacial score (nSPS) is 12.2. The van der Waals surface area contributed by atoms with E-state index in [1.807, 2.05) is 6.07 Å². The predicted molar refractivity (Wildman–Crippen MR) is 94.0 cm³/mol. The molecule has 5 nitrogen and oxygen atoms in total. The molecule has 0 aliphatic heterocycles. The monoisotopic (exact) mass is 382 g/mol. The summed E-state index contributed by atoms with van der Waals surface area (Å²) in [6.07, 6.45) is -0.592. The van der Waals surface area contributed by atoms with Gasteiger partial charge in [0.15, 0.2) is 16.4 Å². The summed E-state index contributed by atoms with van der Waals surface area (Å²) in [4.78, 5) is 11.7. The molecule has 2 N–H and O–H groups in total. The first-order chi connectivity index (χ1) is 12.2. The van der Waals surface area contributed by atoms with E-state index in [9.17, 15) is 13.2 Å². The molecule has 3 aromatic heterocycles. The van der Waals surface area contributed by atoms with Crippen LogP contribution >= 0.6 is 11.8 Å². The van der Waals surface area contributed by atoms with Crippen LogP contribution in [0.25, 0.3) is 11.0 Å². The Bertz CT molecular complexity index is 924. The molecular weight excluding hydrogens is 365 g/mol. The summed E-state index contributed by atoms with van der Waals surface area (Å²) in [6, 6.07) is 2.68. The summed E-state index contributed by atoms with van der Waals surface area (Å²) in [5.41, 5.74) is 7.06. The van der Waals surface area contributed by atoms with Gasteiger partial charge in [-0.2, -0.15) is 13.2 Å². The second kappa shape index (κ2) is 7.14. The number of fused-ring (bicyclic) bond motifs is 1. The molecule has 0 bridgehead atoms. The molecule has 0 fully saturated rings. The third kappa shape index (κ3) is 4.09. The Morgan fingerprint density at radius 1 is 1.23 bits per heavy atom. The van der Waals surface area contributed by atoms with Crippen LogP contribution in [0.1, 0.15) is 36.7 Å². The van der Waals surface area contributed by atoms with Crippen molar-refractivity contribution in [1.29, 1.82) is 0 Å². The van der Waals surface area contributed by atoms with E-state index in [4.69, 9.17) is 10.2 Å².